The summed E-state index contributed by atoms with van der Waals surface area (Å²) in [6.45, 7) is 8.14. The standard InChI is InChI=1S/C22H26N4O3S/c1-14-5-7-19(8-6-14)24-20-11-15(2)23-21(12-20)18-9-10-26(13-18)30(27,28)22-16(3)25-29-17(22)4/h5-8,11-12,18H,9-10,13H2,1-4H3,(H,23,24)/t18-/m1/s1. The summed E-state index contributed by atoms with van der Waals surface area (Å²) in [6, 6.07) is 12.2. The molecule has 7 nitrogen and oxygen atoms in total. The summed E-state index contributed by atoms with van der Waals surface area (Å²) in [5.41, 5.74) is 5.36. The molecule has 1 N–H and O–H groups in total. The van der Waals surface area contributed by atoms with Crippen LogP contribution in [-0.2, 0) is 10.0 Å². The molecule has 1 atom stereocenters. The fourth-order valence-electron chi connectivity index (χ4n) is 3.94. The van der Waals surface area contributed by atoms with E-state index in [4.69, 9.17) is 9.51 Å². The van der Waals surface area contributed by atoms with Gasteiger partial charge in [0.05, 0.1) is 0 Å². The first-order chi connectivity index (χ1) is 14.2. The lowest BCUT2D eigenvalue weighted by molar-refractivity contribution is 0.389. The Kier molecular flexibility index (Phi) is 5.38. The van der Waals surface area contributed by atoms with Crippen LogP contribution in [0, 0.1) is 27.7 Å². The Hall–Kier alpha value is -2.71. The Morgan fingerprint density at radius 1 is 1.07 bits per heavy atom. The average molecular weight is 427 g/mol. The van der Waals surface area contributed by atoms with E-state index in [9.17, 15) is 8.42 Å². The number of rotatable bonds is 5. The quantitative estimate of drug-likeness (QED) is 0.657. The molecule has 8 heteroatoms. The van der Waals surface area contributed by atoms with Gasteiger partial charge in [0.1, 0.15) is 10.6 Å². The molecule has 1 aliphatic heterocycles. The van der Waals surface area contributed by atoms with Crippen molar-refractivity contribution in [2.75, 3.05) is 18.4 Å². The number of pyridine rings is 1. The van der Waals surface area contributed by atoms with Crippen LogP contribution in [0.15, 0.2) is 45.8 Å². The fourth-order valence-corrected chi connectivity index (χ4v) is 5.73. The molecule has 1 saturated heterocycles. The number of hydrogen-bond donors (Lipinski definition) is 1. The molecule has 0 spiro atoms. The van der Waals surface area contributed by atoms with Crippen molar-refractivity contribution in [1.29, 1.82) is 0 Å². The van der Waals surface area contributed by atoms with Gasteiger partial charge in [-0.05, 0) is 58.4 Å². The van der Waals surface area contributed by atoms with Gasteiger partial charge < -0.3 is 9.84 Å². The molecule has 4 rings (SSSR count). The van der Waals surface area contributed by atoms with Crippen LogP contribution in [0.3, 0.4) is 0 Å². The lowest BCUT2D eigenvalue weighted by atomic mass is 10.0. The van der Waals surface area contributed by atoms with Crippen LogP contribution in [0.2, 0.25) is 0 Å². The van der Waals surface area contributed by atoms with Gasteiger partial charge in [0.25, 0.3) is 0 Å². The molecule has 0 unspecified atom stereocenters. The monoisotopic (exact) mass is 426 g/mol. The summed E-state index contributed by atoms with van der Waals surface area (Å²) in [7, 11) is -3.64. The van der Waals surface area contributed by atoms with Crippen LogP contribution in [0.4, 0.5) is 11.4 Å². The van der Waals surface area contributed by atoms with Crippen molar-refractivity contribution in [3.05, 3.63) is 64.8 Å². The van der Waals surface area contributed by atoms with Crippen LogP contribution in [0.1, 0.15) is 40.7 Å². The lowest BCUT2D eigenvalue weighted by Gasteiger charge is -2.17. The van der Waals surface area contributed by atoms with Crippen molar-refractivity contribution in [1.82, 2.24) is 14.4 Å². The first-order valence-electron chi connectivity index (χ1n) is 9.99. The van der Waals surface area contributed by atoms with Gasteiger partial charge in [-0.25, -0.2) is 8.42 Å². The Bertz CT molecular complexity index is 1150. The molecular formula is C22H26N4O3S. The Morgan fingerprint density at radius 3 is 2.47 bits per heavy atom. The van der Waals surface area contributed by atoms with E-state index >= 15 is 0 Å². The zero-order chi connectivity index (χ0) is 21.5. The summed E-state index contributed by atoms with van der Waals surface area (Å²) in [5, 5.41) is 7.22. The second-order valence-electron chi connectivity index (χ2n) is 7.92. The van der Waals surface area contributed by atoms with Crippen LogP contribution in [0.5, 0.6) is 0 Å². The zero-order valence-electron chi connectivity index (χ0n) is 17.6. The zero-order valence-corrected chi connectivity index (χ0v) is 18.5. The number of hydrogen-bond acceptors (Lipinski definition) is 6. The highest BCUT2D eigenvalue weighted by molar-refractivity contribution is 7.89. The van der Waals surface area contributed by atoms with E-state index in [1.54, 1.807) is 13.8 Å². The Labute approximate surface area is 177 Å². The van der Waals surface area contributed by atoms with Gasteiger partial charge in [0.15, 0.2) is 5.76 Å². The van der Waals surface area contributed by atoms with E-state index in [0.29, 0.717) is 24.5 Å². The minimum Gasteiger partial charge on any atom is -0.360 e. The van der Waals surface area contributed by atoms with E-state index in [1.165, 1.54) is 9.87 Å². The Balaban J connectivity index is 1.55. The number of anilines is 2. The van der Waals surface area contributed by atoms with Gasteiger partial charge in [0, 0.05) is 41.8 Å². The normalized spacial score (nSPS) is 17.4. The molecule has 1 aromatic carbocycles. The van der Waals surface area contributed by atoms with Crippen molar-refractivity contribution in [3.8, 4) is 0 Å². The van der Waals surface area contributed by atoms with Gasteiger partial charge in [-0.15, -0.1) is 0 Å². The minimum absolute atomic E-state index is 0.0405. The van der Waals surface area contributed by atoms with E-state index in [0.717, 1.165) is 29.2 Å². The largest absolute Gasteiger partial charge is 0.360 e. The van der Waals surface area contributed by atoms with Crippen molar-refractivity contribution in [2.45, 2.75) is 44.9 Å². The summed E-state index contributed by atoms with van der Waals surface area (Å²) in [4.78, 5) is 4.88. The molecule has 0 amide bonds. The van der Waals surface area contributed by atoms with Crippen LogP contribution in [-0.4, -0.2) is 36.0 Å². The highest BCUT2D eigenvalue weighted by atomic mass is 32.2. The summed E-state index contributed by atoms with van der Waals surface area (Å²) in [5.74, 6) is 0.368. The molecule has 0 bridgehead atoms. The summed E-state index contributed by atoms with van der Waals surface area (Å²) >= 11 is 0. The fraction of sp³-hybridized carbons (Fsp3) is 0.364. The van der Waals surface area contributed by atoms with Gasteiger partial charge >= 0.3 is 0 Å². The predicted molar refractivity (Wildman–Crippen MR) is 116 cm³/mol. The van der Waals surface area contributed by atoms with E-state index < -0.39 is 10.0 Å². The number of aryl methyl sites for hydroxylation is 4. The van der Waals surface area contributed by atoms with E-state index in [1.807, 2.05) is 31.2 Å². The second-order valence-corrected chi connectivity index (χ2v) is 9.79. The predicted octanol–water partition coefficient (Wildman–Crippen LogP) is 4.23. The number of nitrogens with one attached hydrogen (secondary N) is 1. The lowest BCUT2D eigenvalue weighted by Crippen LogP contribution is -2.29. The van der Waals surface area contributed by atoms with Gasteiger partial charge in [-0.3, -0.25) is 4.98 Å². The van der Waals surface area contributed by atoms with E-state index in [2.05, 4.69) is 29.5 Å². The molecule has 30 heavy (non-hydrogen) atoms. The summed E-state index contributed by atoms with van der Waals surface area (Å²) < 4.78 is 32.8. The number of aromatic nitrogens is 2. The number of nitrogens with zero attached hydrogens (tertiary/aromatic N) is 3. The molecule has 2 aromatic heterocycles. The highest BCUT2D eigenvalue weighted by Gasteiger charge is 2.37. The van der Waals surface area contributed by atoms with Crippen molar-refractivity contribution < 1.29 is 12.9 Å². The van der Waals surface area contributed by atoms with Crippen molar-refractivity contribution in [2.24, 2.45) is 0 Å². The molecule has 158 valence electrons. The molecule has 0 radical (unpaired) electrons. The molecule has 3 aromatic rings. The maximum absolute atomic E-state index is 13.1. The van der Waals surface area contributed by atoms with Gasteiger partial charge in [-0.2, -0.15) is 4.31 Å². The molecule has 3 heterocycles. The van der Waals surface area contributed by atoms with E-state index in [-0.39, 0.29) is 10.8 Å². The first-order valence-corrected chi connectivity index (χ1v) is 11.4. The molecular weight excluding hydrogens is 400 g/mol. The average Bonchev–Trinajstić information content (AvgIpc) is 3.31. The highest BCUT2D eigenvalue weighted by Crippen LogP contribution is 2.33. The van der Waals surface area contributed by atoms with Gasteiger partial charge in [0.2, 0.25) is 10.0 Å². The van der Waals surface area contributed by atoms with Crippen molar-refractivity contribution in [3.63, 3.8) is 0 Å². The van der Waals surface area contributed by atoms with Gasteiger partial charge in [-0.1, -0.05) is 22.9 Å². The third-order valence-corrected chi connectivity index (χ3v) is 7.56. The first kappa shape index (κ1) is 20.6. The topological polar surface area (TPSA) is 88.3 Å². The van der Waals surface area contributed by atoms with Crippen LogP contribution in [0.25, 0.3) is 0 Å². The maximum atomic E-state index is 13.1. The molecule has 1 aliphatic rings. The van der Waals surface area contributed by atoms with Crippen LogP contribution >= 0.6 is 0 Å². The number of benzene rings is 1. The Morgan fingerprint density at radius 2 is 1.80 bits per heavy atom. The molecule has 0 aliphatic carbocycles. The second kappa shape index (κ2) is 7.85. The third kappa shape index (κ3) is 3.97. The minimum atomic E-state index is -3.64. The van der Waals surface area contributed by atoms with Crippen LogP contribution < -0.4 is 5.32 Å². The summed E-state index contributed by atoms with van der Waals surface area (Å²) in [6.07, 6.45) is 0.725. The van der Waals surface area contributed by atoms with Crippen molar-refractivity contribution >= 4 is 21.4 Å². The molecule has 0 saturated carbocycles. The third-order valence-electron chi connectivity index (χ3n) is 5.45. The smallest absolute Gasteiger partial charge is 0.248 e. The molecule has 1 fully saturated rings. The maximum Gasteiger partial charge on any atom is 0.248 e. The SMILES string of the molecule is Cc1ccc(Nc2cc(C)nc([C@@H]3CCN(S(=O)(=O)c4c(C)noc4C)C3)c2)cc1. The number of sulfonamides is 1.